The minimum Gasteiger partial charge on any atom is -0.337 e. The fourth-order valence-corrected chi connectivity index (χ4v) is 1.83. The molecule has 0 aliphatic carbocycles. The summed E-state index contributed by atoms with van der Waals surface area (Å²) in [5.41, 5.74) is -0.569. The number of nitrogens with one attached hydrogen (secondary N) is 1. The summed E-state index contributed by atoms with van der Waals surface area (Å²) in [5.74, 6) is -0.681. The number of amides is 1. The van der Waals surface area contributed by atoms with E-state index in [9.17, 15) is 18.0 Å². The van der Waals surface area contributed by atoms with Crippen molar-refractivity contribution in [3.8, 4) is 0 Å². The molecular weight excluding hydrogens is 271 g/mol. The molecule has 0 saturated carbocycles. The molecule has 0 saturated heterocycles. The van der Waals surface area contributed by atoms with Crippen molar-refractivity contribution in [2.24, 2.45) is 0 Å². The maximum absolute atomic E-state index is 12.9. The molecule has 0 aliphatic heterocycles. The van der Waals surface area contributed by atoms with E-state index in [1.165, 1.54) is 36.3 Å². The summed E-state index contributed by atoms with van der Waals surface area (Å²) >= 11 is 0. The minimum atomic E-state index is -4.55. The zero-order chi connectivity index (χ0) is 14.8. The topological polar surface area (TPSA) is 49.0 Å². The average molecular weight is 283 g/mol. The molecular formula is C13H12F3N3O. The number of aromatic nitrogens is 2. The SMILES string of the molecule is CN(Cc1cn[nH]c1)C(=O)c1ccccc1C(F)(F)F. The molecule has 20 heavy (non-hydrogen) atoms. The quantitative estimate of drug-likeness (QED) is 0.941. The normalized spacial score (nSPS) is 11.4. The molecule has 0 fully saturated rings. The number of H-pyrrole nitrogens is 1. The van der Waals surface area contributed by atoms with Crippen molar-refractivity contribution in [1.82, 2.24) is 15.1 Å². The fourth-order valence-electron chi connectivity index (χ4n) is 1.83. The molecule has 0 unspecified atom stereocenters. The summed E-state index contributed by atoms with van der Waals surface area (Å²) in [4.78, 5) is 13.4. The van der Waals surface area contributed by atoms with E-state index in [4.69, 9.17) is 0 Å². The Bertz CT molecular complexity index is 593. The molecule has 1 amide bonds. The Morgan fingerprint density at radius 2 is 2.05 bits per heavy atom. The molecule has 1 aromatic carbocycles. The van der Waals surface area contributed by atoms with E-state index in [1.807, 2.05) is 0 Å². The second-order valence-corrected chi connectivity index (χ2v) is 4.31. The summed E-state index contributed by atoms with van der Waals surface area (Å²) in [6.07, 6.45) is -1.46. The van der Waals surface area contributed by atoms with Gasteiger partial charge in [0.15, 0.2) is 0 Å². The van der Waals surface area contributed by atoms with Crippen molar-refractivity contribution in [2.45, 2.75) is 12.7 Å². The molecule has 0 aliphatic rings. The van der Waals surface area contributed by atoms with Gasteiger partial charge in [0.05, 0.1) is 17.3 Å². The summed E-state index contributed by atoms with van der Waals surface area (Å²) in [6.45, 7) is 0.182. The monoisotopic (exact) mass is 283 g/mol. The van der Waals surface area contributed by atoms with Gasteiger partial charge in [-0.3, -0.25) is 9.89 Å². The van der Waals surface area contributed by atoms with E-state index in [-0.39, 0.29) is 12.1 Å². The maximum Gasteiger partial charge on any atom is 0.417 e. The fraction of sp³-hybridized carbons (Fsp3) is 0.231. The van der Waals surface area contributed by atoms with E-state index < -0.39 is 17.6 Å². The molecule has 4 nitrogen and oxygen atoms in total. The van der Waals surface area contributed by atoms with Gasteiger partial charge in [0.2, 0.25) is 0 Å². The van der Waals surface area contributed by atoms with Gasteiger partial charge in [0.1, 0.15) is 0 Å². The van der Waals surface area contributed by atoms with Crippen molar-refractivity contribution < 1.29 is 18.0 Å². The van der Waals surface area contributed by atoms with Crippen molar-refractivity contribution in [2.75, 3.05) is 7.05 Å². The predicted molar refractivity (Wildman–Crippen MR) is 65.8 cm³/mol. The Balaban J connectivity index is 2.25. The average Bonchev–Trinajstić information content (AvgIpc) is 2.89. The van der Waals surface area contributed by atoms with Crippen LogP contribution in [0.25, 0.3) is 0 Å². The van der Waals surface area contributed by atoms with Crippen LogP contribution in [0.1, 0.15) is 21.5 Å². The van der Waals surface area contributed by atoms with Gasteiger partial charge in [0, 0.05) is 25.4 Å². The van der Waals surface area contributed by atoms with Gasteiger partial charge in [-0.15, -0.1) is 0 Å². The highest BCUT2D eigenvalue weighted by atomic mass is 19.4. The Morgan fingerprint density at radius 1 is 1.35 bits per heavy atom. The van der Waals surface area contributed by atoms with Gasteiger partial charge >= 0.3 is 6.18 Å². The van der Waals surface area contributed by atoms with Crippen molar-refractivity contribution in [3.63, 3.8) is 0 Å². The number of nitrogens with zero attached hydrogens (tertiary/aromatic N) is 2. The molecule has 2 rings (SSSR count). The van der Waals surface area contributed by atoms with Crippen molar-refractivity contribution in [1.29, 1.82) is 0 Å². The van der Waals surface area contributed by atoms with Crippen LogP contribution in [0.3, 0.4) is 0 Å². The van der Waals surface area contributed by atoms with Crippen LogP contribution in [0.4, 0.5) is 13.2 Å². The molecule has 7 heteroatoms. The molecule has 106 valence electrons. The number of hydrogen-bond donors (Lipinski definition) is 1. The molecule has 0 radical (unpaired) electrons. The number of carbonyl (C=O) groups is 1. The number of hydrogen-bond acceptors (Lipinski definition) is 2. The van der Waals surface area contributed by atoms with Crippen LogP contribution in [0.15, 0.2) is 36.7 Å². The van der Waals surface area contributed by atoms with E-state index in [2.05, 4.69) is 10.2 Å². The first-order valence-corrected chi connectivity index (χ1v) is 5.79. The minimum absolute atomic E-state index is 0.182. The Labute approximate surface area is 113 Å². The first kappa shape index (κ1) is 14.1. The van der Waals surface area contributed by atoms with Gasteiger partial charge in [0.25, 0.3) is 5.91 Å². The van der Waals surface area contributed by atoms with Gasteiger partial charge in [-0.2, -0.15) is 18.3 Å². The molecule has 2 aromatic rings. The highest BCUT2D eigenvalue weighted by molar-refractivity contribution is 5.95. The number of aromatic amines is 1. The third-order valence-electron chi connectivity index (χ3n) is 2.78. The van der Waals surface area contributed by atoms with Gasteiger partial charge < -0.3 is 4.90 Å². The molecule has 0 bridgehead atoms. The largest absolute Gasteiger partial charge is 0.417 e. The van der Waals surface area contributed by atoms with Gasteiger partial charge in [-0.1, -0.05) is 12.1 Å². The van der Waals surface area contributed by atoms with E-state index in [0.717, 1.165) is 6.07 Å². The standard InChI is InChI=1S/C13H12F3N3O/c1-19(8-9-6-17-18-7-9)12(20)10-4-2-3-5-11(10)13(14,15)16/h2-7H,8H2,1H3,(H,17,18). The number of rotatable bonds is 3. The third kappa shape index (κ3) is 2.98. The lowest BCUT2D eigenvalue weighted by Gasteiger charge is -2.19. The smallest absolute Gasteiger partial charge is 0.337 e. The maximum atomic E-state index is 12.9. The first-order chi connectivity index (χ1) is 9.39. The summed E-state index contributed by atoms with van der Waals surface area (Å²) in [7, 11) is 1.45. The van der Waals surface area contributed by atoms with Crippen LogP contribution in [-0.4, -0.2) is 28.1 Å². The zero-order valence-corrected chi connectivity index (χ0v) is 10.6. The molecule has 1 N–H and O–H groups in total. The van der Waals surface area contributed by atoms with Gasteiger partial charge in [-0.05, 0) is 12.1 Å². The second kappa shape index (κ2) is 5.36. The summed E-state index contributed by atoms with van der Waals surface area (Å²) < 4.78 is 38.6. The highest BCUT2D eigenvalue weighted by Gasteiger charge is 2.35. The van der Waals surface area contributed by atoms with Crippen LogP contribution < -0.4 is 0 Å². The van der Waals surface area contributed by atoms with Crippen LogP contribution in [0.2, 0.25) is 0 Å². The number of alkyl halides is 3. The highest BCUT2D eigenvalue weighted by Crippen LogP contribution is 2.32. The van der Waals surface area contributed by atoms with E-state index >= 15 is 0 Å². The molecule has 0 spiro atoms. The number of carbonyl (C=O) groups excluding carboxylic acids is 1. The Hall–Kier alpha value is -2.31. The van der Waals surface area contributed by atoms with Crippen molar-refractivity contribution >= 4 is 5.91 Å². The van der Waals surface area contributed by atoms with Gasteiger partial charge in [-0.25, -0.2) is 0 Å². The molecule has 0 atom stereocenters. The lowest BCUT2D eigenvalue weighted by atomic mass is 10.1. The Kier molecular flexibility index (Phi) is 3.78. The summed E-state index contributed by atoms with van der Waals surface area (Å²) in [5, 5.41) is 6.30. The number of benzene rings is 1. The Morgan fingerprint density at radius 3 is 2.65 bits per heavy atom. The number of halogens is 3. The third-order valence-corrected chi connectivity index (χ3v) is 2.78. The van der Waals surface area contributed by atoms with Crippen molar-refractivity contribution in [3.05, 3.63) is 53.3 Å². The van der Waals surface area contributed by atoms with Crippen LogP contribution >= 0.6 is 0 Å². The molecule has 1 heterocycles. The zero-order valence-electron chi connectivity index (χ0n) is 10.6. The van der Waals surface area contributed by atoms with Crippen LogP contribution in [-0.2, 0) is 12.7 Å². The second-order valence-electron chi connectivity index (χ2n) is 4.31. The van der Waals surface area contributed by atoms with E-state index in [0.29, 0.717) is 5.56 Å². The first-order valence-electron chi connectivity index (χ1n) is 5.79. The van der Waals surface area contributed by atoms with E-state index in [1.54, 1.807) is 6.20 Å². The predicted octanol–water partition coefficient (Wildman–Crippen LogP) is 2.70. The molecule has 1 aromatic heterocycles. The van der Waals surface area contributed by atoms with Crippen LogP contribution in [0, 0.1) is 0 Å². The lowest BCUT2D eigenvalue weighted by Crippen LogP contribution is -2.28. The summed E-state index contributed by atoms with van der Waals surface area (Å²) in [6, 6.07) is 4.75. The van der Waals surface area contributed by atoms with Crippen LogP contribution in [0.5, 0.6) is 0 Å². The lowest BCUT2D eigenvalue weighted by molar-refractivity contribution is -0.138.